The Morgan fingerprint density at radius 2 is 1.90 bits per heavy atom. The van der Waals surface area contributed by atoms with Gasteiger partial charge in [0.15, 0.2) is 0 Å². The maximum absolute atomic E-state index is 13.6. The van der Waals surface area contributed by atoms with Gasteiger partial charge in [-0.1, -0.05) is 0 Å². The van der Waals surface area contributed by atoms with Crippen LogP contribution in [-0.2, 0) is 4.74 Å². The van der Waals surface area contributed by atoms with E-state index in [2.05, 4.69) is 10.1 Å². The van der Waals surface area contributed by atoms with Gasteiger partial charge in [0.25, 0.3) is 0 Å². The molecule has 0 atom stereocenters. The minimum absolute atomic E-state index is 0.0706. The molecule has 3 N–H and O–H groups in total. The van der Waals surface area contributed by atoms with Gasteiger partial charge < -0.3 is 15.8 Å². The van der Waals surface area contributed by atoms with E-state index in [-0.39, 0.29) is 16.9 Å². The summed E-state index contributed by atoms with van der Waals surface area (Å²) in [5.74, 6) is -1.77. The predicted octanol–water partition coefficient (Wildman–Crippen LogP) is 3.08. The topological polar surface area (TPSA) is 64.3 Å². The molecule has 0 fully saturated rings. The van der Waals surface area contributed by atoms with E-state index in [1.165, 1.54) is 25.3 Å². The van der Waals surface area contributed by atoms with Gasteiger partial charge in [0.1, 0.15) is 11.6 Å². The fourth-order valence-corrected chi connectivity index (χ4v) is 1.65. The van der Waals surface area contributed by atoms with Crippen molar-refractivity contribution in [2.24, 2.45) is 0 Å². The molecule has 0 aliphatic carbocycles. The Bertz CT molecular complexity index is 660. The summed E-state index contributed by atoms with van der Waals surface area (Å²) >= 11 is 0. The Balaban J connectivity index is 2.37. The number of benzene rings is 2. The maximum atomic E-state index is 13.6. The lowest BCUT2D eigenvalue weighted by atomic mass is 10.1. The van der Waals surface area contributed by atoms with Crippen molar-refractivity contribution >= 4 is 23.0 Å². The number of hydrogen-bond donors (Lipinski definition) is 2. The van der Waals surface area contributed by atoms with E-state index in [0.717, 1.165) is 18.2 Å². The number of ether oxygens (including phenoxy) is 1. The number of rotatable bonds is 3. The first-order valence-electron chi connectivity index (χ1n) is 5.71. The molecule has 0 saturated carbocycles. The van der Waals surface area contributed by atoms with E-state index >= 15 is 0 Å². The molecule has 0 saturated heterocycles. The van der Waals surface area contributed by atoms with Gasteiger partial charge in [0.05, 0.1) is 29.7 Å². The molecule has 0 amide bonds. The van der Waals surface area contributed by atoms with Crippen LogP contribution in [0.15, 0.2) is 36.4 Å². The molecular formula is C14H12F2N2O2. The van der Waals surface area contributed by atoms with Crippen molar-refractivity contribution in [3.05, 3.63) is 53.6 Å². The largest absolute Gasteiger partial charge is 0.465 e. The van der Waals surface area contributed by atoms with Gasteiger partial charge in [-0.15, -0.1) is 0 Å². The second-order valence-electron chi connectivity index (χ2n) is 4.04. The summed E-state index contributed by atoms with van der Waals surface area (Å²) in [6, 6.07) is 7.37. The van der Waals surface area contributed by atoms with Gasteiger partial charge >= 0.3 is 5.97 Å². The van der Waals surface area contributed by atoms with E-state index in [1.807, 2.05) is 0 Å². The first-order valence-corrected chi connectivity index (χ1v) is 5.71. The quantitative estimate of drug-likeness (QED) is 0.669. The van der Waals surface area contributed by atoms with Crippen molar-refractivity contribution in [2.45, 2.75) is 0 Å². The molecule has 2 aromatic rings. The Kier molecular flexibility index (Phi) is 3.84. The number of nitrogens with one attached hydrogen (secondary N) is 1. The lowest BCUT2D eigenvalue weighted by Gasteiger charge is -2.11. The van der Waals surface area contributed by atoms with Crippen LogP contribution in [0.3, 0.4) is 0 Å². The van der Waals surface area contributed by atoms with Crippen LogP contribution >= 0.6 is 0 Å². The van der Waals surface area contributed by atoms with Crippen molar-refractivity contribution in [2.75, 3.05) is 18.2 Å². The van der Waals surface area contributed by atoms with Crippen LogP contribution in [0.25, 0.3) is 0 Å². The molecular weight excluding hydrogens is 266 g/mol. The molecule has 0 aromatic heterocycles. The van der Waals surface area contributed by atoms with Crippen molar-refractivity contribution < 1.29 is 18.3 Å². The van der Waals surface area contributed by atoms with Gasteiger partial charge in [-0.05, 0) is 30.3 Å². The smallest absolute Gasteiger partial charge is 0.337 e. The van der Waals surface area contributed by atoms with E-state index in [1.54, 1.807) is 0 Å². The fraction of sp³-hybridized carbons (Fsp3) is 0.0714. The van der Waals surface area contributed by atoms with Crippen LogP contribution in [0.5, 0.6) is 0 Å². The van der Waals surface area contributed by atoms with Gasteiger partial charge in [0, 0.05) is 6.07 Å². The molecule has 0 radical (unpaired) electrons. The van der Waals surface area contributed by atoms with Crippen LogP contribution in [-0.4, -0.2) is 13.1 Å². The van der Waals surface area contributed by atoms with Crippen molar-refractivity contribution in [1.29, 1.82) is 0 Å². The van der Waals surface area contributed by atoms with Crippen molar-refractivity contribution in [3.8, 4) is 0 Å². The third-order valence-corrected chi connectivity index (χ3v) is 2.67. The minimum atomic E-state index is -0.630. The number of methoxy groups -OCH3 is 1. The zero-order valence-electron chi connectivity index (χ0n) is 10.6. The van der Waals surface area contributed by atoms with Gasteiger partial charge in [0.2, 0.25) is 0 Å². The number of anilines is 3. The lowest BCUT2D eigenvalue weighted by molar-refractivity contribution is 0.0601. The first kappa shape index (κ1) is 13.8. The number of halogens is 2. The molecule has 0 spiro atoms. The Morgan fingerprint density at radius 3 is 2.60 bits per heavy atom. The van der Waals surface area contributed by atoms with Gasteiger partial charge in [-0.25, -0.2) is 13.6 Å². The average molecular weight is 278 g/mol. The van der Waals surface area contributed by atoms with Crippen LogP contribution in [0, 0.1) is 11.6 Å². The predicted molar refractivity (Wildman–Crippen MR) is 71.8 cm³/mol. The van der Waals surface area contributed by atoms with Crippen molar-refractivity contribution in [1.82, 2.24) is 0 Å². The third kappa shape index (κ3) is 2.85. The zero-order chi connectivity index (χ0) is 14.7. The van der Waals surface area contributed by atoms with E-state index in [9.17, 15) is 13.6 Å². The summed E-state index contributed by atoms with van der Waals surface area (Å²) in [6.45, 7) is 0. The van der Waals surface area contributed by atoms with Crippen LogP contribution < -0.4 is 11.1 Å². The molecule has 2 rings (SSSR count). The number of nitrogens with two attached hydrogens (primary N) is 1. The molecule has 2 aromatic carbocycles. The second-order valence-corrected chi connectivity index (χ2v) is 4.04. The lowest BCUT2D eigenvalue weighted by Crippen LogP contribution is -2.04. The number of esters is 1. The van der Waals surface area contributed by atoms with Gasteiger partial charge in [-0.3, -0.25) is 0 Å². The Morgan fingerprint density at radius 1 is 1.15 bits per heavy atom. The van der Waals surface area contributed by atoms with Gasteiger partial charge in [-0.2, -0.15) is 0 Å². The van der Waals surface area contributed by atoms with Crippen LogP contribution in [0.4, 0.5) is 25.8 Å². The summed E-state index contributed by atoms with van der Waals surface area (Å²) in [4.78, 5) is 11.4. The van der Waals surface area contributed by atoms with E-state index < -0.39 is 17.6 Å². The molecule has 4 nitrogen and oxygen atoms in total. The summed E-state index contributed by atoms with van der Waals surface area (Å²) in [7, 11) is 1.25. The molecule has 0 heterocycles. The summed E-state index contributed by atoms with van der Waals surface area (Å²) in [5, 5.41) is 2.65. The number of carbonyl (C=O) groups excluding carboxylic acids is 1. The molecule has 20 heavy (non-hydrogen) atoms. The molecule has 0 unspecified atom stereocenters. The average Bonchev–Trinajstić information content (AvgIpc) is 2.44. The highest BCUT2D eigenvalue weighted by molar-refractivity contribution is 5.92. The minimum Gasteiger partial charge on any atom is -0.465 e. The SMILES string of the molecule is COC(=O)c1ccc(N)c(Nc2cc(F)ccc2F)c1. The monoisotopic (exact) mass is 278 g/mol. The standard InChI is InChI=1S/C14H12F2N2O2/c1-20-14(19)8-2-5-11(17)13(6-8)18-12-7-9(15)3-4-10(12)16/h2-7,18H,17H2,1H3. The number of hydrogen-bond acceptors (Lipinski definition) is 4. The van der Waals surface area contributed by atoms with E-state index in [4.69, 9.17) is 5.73 Å². The van der Waals surface area contributed by atoms with Crippen molar-refractivity contribution in [3.63, 3.8) is 0 Å². The Hall–Kier alpha value is -2.63. The summed E-state index contributed by atoms with van der Waals surface area (Å²) in [6.07, 6.45) is 0. The summed E-state index contributed by atoms with van der Waals surface area (Å²) < 4.78 is 31.2. The highest BCUT2D eigenvalue weighted by atomic mass is 19.1. The van der Waals surface area contributed by atoms with Crippen LogP contribution in [0.2, 0.25) is 0 Å². The molecule has 0 aliphatic heterocycles. The maximum Gasteiger partial charge on any atom is 0.337 e. The highest BCUT2D eigenvalue weighted by Gasteiger charge is 2.10. The third-order valence-electron chi connectivity index (χ3n) is 2.67. The second kappa shape index (κ2) is 5.56. The zero-order valence-corrected chi connectivity index (χ0v) is 10.6. The summed E-state index contributed by atoms with van der Waals surface area (Å²) in [5.41, 5.74) is 6.50. The molecule has 104 valence electrons. The molecule has 0 bridgehead atoms. The highest BCUT2D eigenvalue weighted by Crippen LogP contribution is 2.26. The fourth-order valence-electron chi connectivity index (χ4n) is 1.65. The normalized spacial score (nSPS) is 10.2. The Labute approximate surface area is 114 Å². The van der Waals surface area contributed by atoms with E-state index in [0.29, 0.717) is 5.69 Å². The molecule has 6 heteroatoms. The number of carbonyl (C=O) groups is 1. The first-order chi connectivity index (χ1) is 9.51. The number of nitrogen functional groups attached to an aromatic ring is 1. The molecule has 0 aliphatic rings. The van der Waals surface area contributed by atoms with Crippen LogP contribution in [0.1, 0.15) is 10.4 Å².